The van der Waals surface area contributed by atoms with Gasteiger partial charge < -0.3 is 10.1 Å². The van der Waals surface area contributed by atoms with Crippen molar-refractivity contribution < 1.29 is 18.7 Å². The Labute approximate surface area is 152 Å². The molecule has 0 heterocycles. The summed E-state index contributed by atoms with van der Waals surface area (Å²) in [6.45, 7) is 3.57. The van der Waals surface area contributed by atoms with Gasteiger partial charge in [0.2, 0.25) is 0 Å². The monoisotopic (exact) mass is 355 g/mol. The molecular weight excluding hydrogens is 333 g/mol. The number of carbonyl (C=O) groups is 2. The summed E-state index contributed by atoms with van der Waals surface area (Å²) in [7, 11) is 0. The van der Waals surface area contributed by atoms with Crippen molar-refractivity contribution in [3.8, 4) is 0 Å². The Morgan fingerprint density at radius 3 is 2.58 bits per heavy atom. The Hall–Kier alpha value is -2.95. The molecule has 0 bridgehead atoms. The van der Waals surface area contributed by atoms with Crippen LogP contribution in [0.2, 0.25) is 0 Å². The molecule has 5 heteroatoms. The molecule has 1 N–H and O–H groups in total. The van der Waals surface area contributed by atoms with Crippen LogP contribution in [-0.2, 0) is 20.7 Å². The second-order valence-electron chi connectivity index (χ2n) is 5.88. The zero-order chi connectivity index (χ0) is 18.9. The Kier molecular flexibility index (Phi) is 7.09. The van der Waals surface area contributed by atoms with Gasteiger partial charge in [-0.05, 0) is 48.2 Å². The Bertz CT molecular complexity index is 784. The third-order valence-corrected chi connectivity index (χ3v) is 3.87. The lowest BCUT2D eigenvalue weighted by molar-refractivity contribution is -0.144. The number of halogens is 1. The summed E-state index contributed by atoms with van der Waals surface area (Å²) in [6.07, 6.45) is 3.55. The molecule has 1 amide bonds. The molecule has 0 radical (unpaired) electrons. The topological polar surface area (TPSA) is 55.4 Å². The molecular formula is C21H22FNO3. The smallest absolute Gasteiger partial charge is 0.331 e. The fourth-order valence-corrected chi connectivity index (χ4v) is 2.37. The summed E-state index contributed by atoms with van der Waals surface area (Å²) in [6, 6.07) is 13.6. The molecule has 0 aromatic heterocycles. The van der Waals surface area contributed by atoms with Crippen LogP contribution in [0.5, 0.6) is 0 Å². The van der Waals surface area contributed by atoms with Gasteiger partial charge in [0.05, 0.1) is 6.04 Å². The number of aryl methyl sites for hydroxylation is 1. The number of amides is 1. The quantitative estimate of drug-likeness (QED) is 0.607. The number of hydrogen-bond acceptors (Lipinski definition) is 3. The van der Waals surface area contributed by atoms with E-state index in [1.165, 1.54) is 23.8 Å². The number of ether oxygens (including phenoxy) is 1. The van der Waals surface area contributed by atoms with E-state index in [1.807, 2.05) is 31.2 Å². The summed E-state index contributed by atoms with van der Waals surface area (Å²) in [4.78, 5) is 23.6. The van der Waals surface area contributed by atoms with Gasteiger partial charge in [0.15, 0.2) is 6.61 Å². The van der Waals surface area contributed by atoms with Gasteiger partial charge in [-0.15, -0.1) is 0 Å². The van der Waals surface area contributed by atoms with Crippen LogP contribution in [0.3, 0.4) is 0 Å². The van der Waals surface area contributed by atoms with E-state index in [0.29, 0.717) is 5.56 Å². The van der Waals surface area contributed by atoms with E-state index >= 15 is 0 Å². The molecule has 0 spiro atoms. The molecule has 0 aliphatic heterocycles. The molecule has 4 nitrogen and oxygen atoms in total. The number of benzene rings is 2. The maximum Gasteiger partial charge on any atom is 0.331 e. The molecule has 136 valence electrons. The third-order valence-electron chi connectivity index (χ3n) is 3.87. The van der Waals surface area contributed by atoms with Crippen molar-refractivity contribution in [2.24, 2.45) is 0 Å². The van der Waals surface area contributed by atoms with E-state index in [2.05, 4.69) is 12.2 Å². The lowest BCUT2D eigenvalue weighted by Gasteiger charge is -2.14. The van der Waals surface area contributed by atoms with Gasteiger partial charge >= 0.3 is 5.97 Å². The molecule has 2 aromatic carbocycles. The fraction of sp³-hybridized carbons (Fsp3) is 0.238. The van der Waals surface area contributed by atoms with Crippen LogP contribution in [-0.4, -0.2) is 18.5 Å². The molecule has 0 saturated heterocycles. The van der Waals surface area contributed by atoms with Crippen molar-refractivity contribution in [2.75, 3.05) is 6.61 Å². The molecule has 0 saturated carbocycles. The van der Waals surface area contributed by atoms with E-state index in [1.54, 1.807) is 12.1 Å². The standard InChI is InChI=1S/C21H22FNO3/c1-3-16-7-10-18(11-8-16)15(2)23-20(24)14-26-21(25)12-9-17-5-4-6-19(22)13-17/h4-13,15H,3,14H2,1-2H3,(H,23,24)/b12-9+/t15-/m1/s1. The maximum atomic E-state index is 13.0. The van der Waals surface area contributed by atoms with E-state index < -0.39 is 5.97 Å². The molecule has 2 rings (SSSR count). The third kappa shape index (κ3) is 6.16. The predicted molar refractivity (Wildman–Crippen MR) is 98.8 cm³/mol. The first-order valence-corrected chi connectivity index (χ1v) is 8.46. The minimum Gasteiger partial charge on any atom is -0.452 e. The number of hydrogen-bond donors (Lipinski definition) is 1. The summed E-state index contributed by atoms with van der Waals surface area (Å²) in [5.74, 6) is -1.44. The molecule has 0 aliphatic rings. The zero-order valence-corrected chi connectivity index (χ0v) is 14.9. The van der Waals surface area contributed by atoms with Crippen LogP contribution in [0.25, 0.3) is 6.08 Å². The molecule has 0 unspecified atom stereocenters. The maximum absolute atomic E-state index is 13.0. The summed E-state index contributed by atoms with van der Waals surface area (Å²) in [5, 5.41) is 2.78. The minimum absolute atomic E-state index is 0.185. The van der Waals surface area contributed by atoms with Gasteiger partial charge in [-0.25, -0.2) is 9.18 Å². The highest BCUT2D eigenvalue weighted by atomic mass is 19.1. The van der Waals surface area contributed by atoms with Crippen molar-refractivity contribution >= 4 is 18.0 Å². The second-order valence-corrected chi connectivity index (χ2v) is 5.88. The van der Waals surface area contributed by atoms with Crippen molar-refractivity contribution in [2.45, 2.75) is 26.3 Å². The van der Waals surface area contributed by atoms with Crippen molar-refractivity contribution in [1.82, 2.24) is 5.32 Å². The van der Waals surface area contributed by atoms with E-state index in [0.717, 1.165) is 18.1 Å². The highest BCUT2D eigenvalue weighted by Gasteiger charge is 2.11. The first-order valence-electron chi connectivity index (χ1n) is 8.46. The summed E-state index contributed by atoms with van der Waals surface area (Å²) in [5.41, 5.74) is 2.75. The molecule has 2 aromatic rings. The van der Waals surface area contributed by atoms with E-state index in [9.17, 15) is 14.0 Å². The predicted octanol–water partition coefficient (Wildman–Crippen LogP) is 3.82. The number of carbonyl (C=O) groups excluding carboxylic acids is 2. The van der Waals surface area contributed by atoms with Gasteiger partial charge in [0.1, 0.15) is 5.82 Å². The van der Waals surface area contributed by atoms with Crippen molar-refractivity contribution in [1.29, 1.82) is 0 Å². The second kappa shape index (κ2) is 9.51. The largest absolute Gasteiger partial charge is 0.452 e. The van der Waals surface area contributed by atoms with Crippen molar-refractivity contribution in [3.05, 3.63) is 77.1 Å². The number of esters is 1. The average Bonchev–Trinajstić information content (AvgIpc) is 2.64. The van der Waals surface area contributed by atoms with Crippen LogP contribution in [0.15, 0.2) is 54.6 Å². The van der Waals surface area contributed by atoms with Crippen LogP contribution < -0.4 is 5.32 Å². The Balaban J connectivity index is 1.79. The first-order chi connectivity index (χ1) is 12.5. The van der Waals surface area contributed by atoms with Crippen molar-refractivity contribution in [3.63, 3.8) is 0 Å². The average molecular weight is 355 g/mol. The van der Waals surface area contributed by atoms with E-state index in [4.69, 9.17) is 4.74 Å². The molecule has 26 heavy (non-hydrogen) atoms. The first kappa shape index (κ1) is 19.4. The minimum atomic E-state index is -0.663. The van der Waals surface area contributed by atoms with Crippen LogP contribution in [0.1, 0.15) is 36.6 Å². The summed E-state index contributed by atoms with van der Waals surface area (Å²) >= 11 is 0. The zero-order valence-electron chi connectivity index (χ0n) is 14.9. The Morgan fingerprint density at radius 2 is 1.92 bits per heavy atom. The van der Waals surface area contributed by atoms with Crippen LogP contribution >= 0.6 is 0 Å². The SMILES string of the molecule is CCc1ccc([C@@H](C)NC(=O)COC(=O)/C=C/c2cccc(F)c2)cc1. The number of nitrogens with one attached hydrogen (secondary N) is 1. The van der Waals surface area contributed by atoms with Crippen LogP contribution in [0.4, 0.5) is 4.39 Å². The fourth-order valence-electron chi connectivity index (χ4n) is 2.37. The van der Waals surface area contributed by atoms with Gasteiger partial charge in [-0.1, -0.05) is 43.3 Å². The van der Waals surface area contributed by atoms with Crippen LogP contribution in [0, 0.1) is 5.82 Å². The van der Waals surface area contributed by atoms with E-state index in [-0.39, 0.29) is 24.4 Å². The lowest BCUT2D eigenvalue weighted by Crippen LogP contribution is -2.30. The van der Waals surface area contributed by atoms with Gasteiger partial charge in [-0.3, -0.25) is 4.79 Å². The van der Waals surface area contributed by atoms with Gasteiger partial charge in [0.25, 0.3) is 5.91 Å². The number of rotatable bonds is 7. The summed E-state index contributed by atoms with van der Waals surface area (Å²) < 4.78 is 17.9. The normalized spacial score (nSPS) is 12.0. The lowest BCUT2D eigenvalue weighted by atomic mass is 10.1. The highest BCUT2D eigenvalue weighted by Crippen LogP contribution is 2.13. The van der Waals surface area contributed by atoms with Gasteiger partial charge in [0, 0.05) is 6.08 Å². The molecule has 0 fully saturated rings. The molecule has 0 aliphatic carbocycles. The Morgan fingerprint density at radius 1 is 1.19 bits per heavy atom. The molecule has 1 atom stereocenters. The van der Waals surface area contributed by atoms with Gasteiger partial charge in [-0.2, -0.15) is 0 Å². The highest BCUT2D eigenvalue weighted by molar-refractivity contribution is 5.89.